The van der Waals surface area contributed by atoms with Gasteiger partial charge in [0.05, 0.1) is 22.0 Å². The highest BCUT2D eigenvalue weighted by Crippen LogP contribution is 2.49. The quantitative estimate of drug-likeness (QED) is 0.0501. The van der Waals surface area contributed by atoms with E-state index in [2.05, 4.69) is 52.9 Å². The zero-order chi connectivity index (χ0) is 47.6. The van der Waals surface area contributed by atoms with Crippen LogP contribution in [0.5, 0.6) is 0 Å². The van der Waals surface area contributed by atoms with Gasteiger partial charge in [-0.05, 0) is 97.6 Å². The van der Waals surface area contributed by atoms with Gasteiger partial charge in [0.1, 0.15) is 38.2 Å². The molecule has 0 saturated carbocycles. The highest BCUT2D eigenvalue weighted by molar-refractivity contribution is 7.92. The number of halogens is 2. The van der Waals surface area contributed by atoms with Gasteiger partial charge in [-0.15, -0.1) is 20.5 Å². The Morgan fingerprint density at radius 3 is 1.98 bits per heavy atom. The van der Waals surface area contributed by atoms with Crippen LogP contribution in [0.3, 0.4) is 0 Å². The van der Waals surface area contributed by atoms with Gasteiger partial charge in [-0.1, -0.05) is 64.9 Å². The average molecular weight is 1000 g/mol. The molecule has 2 heterocycles. The van der Waals surface area contributed by atoms with E-state index in [0.29, 0.717) is 21.7 Å². The first-order chi connectivity index (χ1) is 31.3. The number of fused-ring (bicyclic) bond motifs is 1. The Morgan fingerprint density at radius 2 is 1.33 bits per heavy atom. The van der Waals surface area contributed by atoms with Crippen LogP contribution < -0.4 is 15.4 Å². The van der Waals surface area contributed by atoms with Crippen LogP contribution in [-0.2, 0) is 30.3 Å². The minimum Gasteiger partial charge on any atom is -0.339 e. The largest absolute Gasteiger partial charge is 0.339 e. The fourth-order valence-electron chi connectivity index (χ4n) is 6.31. The molecule has 7 rings (SSSR count). The Labute approximate surface area is 391 Å². The summed E-state index contributed by atoms with van der Waals surface area (Å²) >= 11 is 13.1. The Bertz CT molecular complexity index is 3580. The molecule has 0 saturated heterocycles. The summed E-state index contributed by atoms with van der Waals surface area (Å²) in [6.45, 7) is 3.05. The molecule has 0 bridgehead atoms. The van der Waals surface area contributed by atoms with Crippen molar-refractivity contribution in [3.05, 3.63) is 130 Å². The summed E-state index contributed by atoms with van der Waals surface area (Å²) in [6, 6.07) is 29.6. The summed E-state index contributed by atoms with van der Waals surface area (Å²) in [5, 5.41) is 45.9. The number of nitrogens with one attached hydrogen (secondary N) is 3. The van der Waals surface area contributed by atoms with Gasteiger partial charge in [0, 0.05) is 38.6 Å². The predicted octanol–water partition coefficient (Wildman–Crippen LogP) is 11.9. The van der Waals surface area contributed by atoms with E-state index < -0.39 is 35.2 Å². The van der Waals surface area contributed by atoms with Gasteiger partial charge in [0.2, 0.25) is 10.0 Å². The first-order valence-corrected chi connectivity index (χ1v) is 24.9. The molecule has 0 spiro atoms. The van der Waals surface area contributed by atoms with Crippen LogP contribution in [0.4, 0.5) is 50.1 Å². The Kier molecular flexibility index (Phi) is 13.5. The summed E-state index contributed by atoms with van der Waals surface area (Å²) in [5.41, 5.74) is 1.91. The maximum absolute atomic E-state index is 12.3. The van der Waals surface area contributed by atoms with E-state index >= 15 is 0 Å². The van der Waals surface area contributed by atoms with Crippen LogP contribution in [-0.4, -0.2) is 45.1 Å². The van der Waals surface area contributed by atoms with Gasteiger partial charge in [-0.2, -0.15) is 27.4 Å². The van der Waals surface area contributed by atoms with Gasteiger partial charge in [0.15, 0.2) is 16.6 Å². The summed E-state index contributed by atoms with van der Waals surface area (Å²) in [7, 11) is -13.0. The zero-order valence-corrected chi connectivity index (χ0v) is 38.7. The third kappa shape index (κ3) is 10.5. The van der Waals surface area contributed by atoms with E-state index in [4.69, 9.17) is 23.2 Å². The first-order valence-electron chi connectivity index (χ1n) is 18.8. The number of azo groups is 2. The lowest BCUT2D eigenvalue weighted by Crippen LogP contribution is -2.14. The van der Waals surface area contributed by atoms with Crippen LogP contribution in [0.15, 0.2) is 133 Å². The van der Waals surface area contributed by atoms with Crippen LogP contribution >= 0.6 is 34.5 Å². The summed E-state index contributed by atoms with van der Waals surface area (Å²) < 4.78 is 95.0. The van der Waals surface area contributed by atoms with E-state index in [1.165, 1.54) is 49.4 Å². The molecular weight excluding hydrogens is 972 g/mol. The van der Waals surface area contributed by atoms with E-state index in [0.717, 1.165) is 17.4 Å². The molecule has 7 aromatic rings. The molecule has 0 aliphatic carbocycles. The Balaban J connectivity index is 1.37. The van der Waals surface area contributed by atoms with Crippen LogP contribution in [0, 0.1) is 29.6 Å². The molecule has 24 heteroatoms. The Hall–Kier alpha value is -6.86. The standard InChI is InChI=1S/C42H30Cl2N10O8S4/c1-3-64(55,56)54-28-12-8-25(9-13-28)37-33(22-46)41(63-42(37)53-50-30-14-7-24-5-4-6-35(31(24)19-30)65(57,58)59)52-51-38-23(2)32(21-45)39(49-40(38)47-27-15-10-26(43)11-16-27)48-29-17-18-34(44)36(20-29)66(60,61)62/h4-20,54H,3H2,1-2H3,(H2,47,48,49)(H,57,58,59)(H,60,61,62). The average Bonchev–Trinajstić information content (AvgIpc) is 3.63. The van der Waals surface area contributed by atoms with Crippen molar-refractivity contribution in [1.29, 1.82) is 10.5 Å². The number of pyridine rings is 1. The van der Waals surface area contributed by atoms with Crippen molar-refractivity contribution in [1.82, 2.24) is 4.98 Å². The van der Waals surface area contributed by atoms with Crippen molar-refractivity contribution < 1.29 is 34.4 Å². The number of nitriles is 2. The number of thiophene rings is 1. The van der Waals surface area contributed by atoms with Gasteiger partial charge in [-0.25, -0.2) is 13.4 Å². The highest BCUT2D eigenvalue weighted by Gasteiger charge is 2.24. The molecule has 0 unspecified atom stereocenters. The summed E-state index contributed by atoms with van der Waals surface area (Å²) in [4.78, 5) is 3.71. The van der Waals surface area contributed by atoms with Crippen molar-refractivity contribution in [2.24, 2.45) is 20.5 Å². The number of aromatic nitrogens is 1. The molecule has 18 nitrogen and oxygen atoms in total. The SMILES string of the molecule is CCS(=O)(=O)Nc1ccc(-c2c(N=Nc3ccc4cccc(S(=O)(=O)O)c4c3)sc(N=Nc3c(Nc4ccc(Cl)cc4)nc(Nc4ccc(Cl)c(S(=O)(=O)O)c4)c(C#N)c3C)c2C#N)cc1. The lowest BCUT2D eigenvalue weighted by atomic mass is 10.0. The van der Waals surface area contributed by atoms with E-state index in [1.54, 1.807) is 61.5 Å². The van der Waals surface area contributed by atoms with Gasteiger partial charge in [-0.3, -0.25) is 13.8 Å². The van der Waals surface area contributed by atoms with Gasteiger partial charge in [0.25, 0.3) is 20.2 Å². The minimum absolute atomic E-state index is 0.0132. The Morgan fingerprint density at radius 1 is 0.697 bits per heavy atom. The molecule has 0 aliphatic heterocycles. The van der Waals surface area contributed by atoms with Crippen molar-refractivity contribution in [2.45, 2.75) is 23.6 Å². The van der Waals surface area contributed by atoms with Crippen molar-refractivity contribution in [3.8, 4) is 23.3 Å². The molecule has 0 radical (unpaired) electrons. The number of sulfonamides is 1. The van der Waals surface area contributed by atoms with Gasteiger partial charge >= 0.3 is 0 Å². The van der Waals surface area contributed by atoms with Crippen LogP contribution in [0.1, 0.15) is 23.6 Å². The number of hydrogen-bond donors (Lipinski definition) is 5. The van der Waals surface area contributed by atoms with E-state index in [-0.39, 0.29) is 87.7 Å². The van der Waals surface area contributed by atoms with Gasteiger partial charge < -0.3 is 10.6 Å². The monoisotopic (exact) mass is 1000 g/mol. The van der Waals surface area contributed by atoms with Crippen LogP contribution in [0.2, 0.25) is 10.0 Å². The second-order valence-corrected chi connectivity index (χ2v) is 20.5. The molecule has 0 amide bonds. The maximum Gasteiger partial charge on any atom is 0.296 e. The fourth-order valence-corrected chi connectivity index (χ4v) is 9.70. The second-order valence-electron chi connectivity index (χ2n) is 13.8. The number of anilines is 5. The molecule has 5 aromatic carbocycles. The molecule has 334 valence electrons. The third-order valence-electron chi connectivity index (χ3n) is 9.52. The smallest absolute Gasteiger partial charge is 0.296 e. The van der Waals surface area contributed by atoms with Crippen molar-refractivity contribution in [3.63, 3.8) is 0 Å². The molecule has 0 atom stereocenters. The molecule has 5 N–H and O–H groups in total. The normalized spacial score (nSPS) is 12.1. The van der Waals surface area contributed by atoms with Crippen molar-refractivity contribution >= 4 is 126 Å². The van der Waals surface area contributed by atoms with E-state index in [9.17, 15) is 44.9 Å². The van der Waals surface area contributed by atoms with Crippen LogP contribution in [0.25, 0.3) is 21.9 Å². The number of rotatable bonds is 14. The number of benzene rings is 5. The van der Waals surface area contributed by atoms with Crippen molar-refractivity contribution in [2.75, 3.05) is 21.1 Å². The number of hydrogen-bond acceptors (Lipinski definition) is 16. The first kappa shape index (κ1) is 47.1. The fraction of sp³-hybridized carbons (Fsp3) is 0.0714. The lowest BCUT2D eigenvalue weighted by Gasteiger charge is -2.16. The lowest BCUT2D eigenvalue weighted by molar-refractivity contribution is 0.481. The second kappa shape index (κ2) is 18.9. The molecule has 0 fully saturated rings. The third-order valence-corrected chi connectivity index (χ3v) is 14.3. The molecule has 0 aliphatic rings. The summed E-state index contributed by atoms with van der Waals surface area (Å²) in [5.74, 6) is -0.168. The predicted molar refractivity (Wildman–Crippen MR) is 253 cm³/mol. The number of nitrogens with zero attached hydrogens (tertiary/aromatic N) is 7. The topological polar surface area (TPSA) is 289 Å². The zero-order valence-electron chi connectivity index (χ0n) is 33.9. The minimum atomic E-state index is -4.73. The molecule has 66 heavy (non-hydrogen) atoms. The highest BCUT2D eigenvalue weighted by atomic mass is 35.5. The molecule has 2 aromatic heterocycles. The van der Waals surface area contributed by atoms with E-state index in [1.807, 2.05) is 0 Å². The molecular formula is C42H30Cl2N10O8S4. The maximum atomic E-state index is 12.3. The summed E-state index contributed by atoms with van der Waals surface area (Å²) in [6.07, 6.45) is 0.